The van der Waals surface area contributed by atoms with Crippen molar-refractivity contribution in [2.75, 3.05) is 6.61 Å². The lowest BCUT2D eigenvalue weighted by Gasteiger charge is -2.17. The Kier molecular flexibility index (Phi) is 3.63. The number of halogens is 3. The summed E-state index contributed by atoms with van der Waals surface area (Å²) in [6.45, 7) is 1.10. The van der Waals surface area contributed by atoms with E-state index < -0.39 is 0 Å². The third-order valence-electron chi connectivity index (χ3n) is 2.94. The first-order valence-electron chi connectivity index (χ1n) is 5.73. The SMILES string of the molecule is Clc1ccc(Cl)c(-c2nc(Cl)c3c(n2)CCOC3)c1. The molecule has 1 aromatic carbocycles. The van der Waals surface area contributed by atoms with E-state index in [1.54, 1.807) is 18.2 Å². The van der Waals surface area contributed by atoms with Gasteiger partial charge in [0.25, 0.3) is 0 Å². The largest absolute Gasteiger partial charge is 0.376 e. The first-order valence-corrected chi connectivity index (χ1v) is 6.87. The van der Waals surface area contributed by atoms with Gasteiger partial charge in [0.05, 0.1) is 23.9 Å². The van der Waals surface area contributed by atoms with Crippen molar-refractivity contribution in [3.05, 3.63) is 44.7 Å². The van der Waals surface area contributed by atoms with E-state index >= 15 is 0 Å². The molecule has 2 aromatic rings. The average Bonchev–Trinajstić information content (AvgIpc) is 2.41. The van der Waals surface area contributed by atoms with Crippen molar-refractivity contribution in [1.29, 1.82) is 0 Å². The number of aromatic nitrogens is 2. The minimum absolute atomic E-state index is 0.413. The van der Waals surface area contributed by atoms with Gasteiger partial charge in [-0.15, -0.1) is 0 Å². The van der Waals surface area contributed by atoms with Crippen LogP contribution in [0.15, 0.2) is 18.2 Å². The summed E-state index contributed by atoms with van der Waals surface area (Å²) in [7, 11) is 0. The predicted molar refractivity (Wildman–Crippen MR) is 75.9 cm³/mol. The van der Waals surface area contributed by atoms with E-state index in [1.165, 1.54) is 0 Å². The van der Waals surface area contributed by atoms with Gasteiger partial charge in [0, 0.05) is 22.6 Å². The topological polar surface area (TPSA) is 35.0 Å². The van der Waals surface area contributed by atoms with Crippen molar-refractivity contribution in [2.45, 2.75) is 13.0 Å². The fourth-order valence-electron chi connectivity index (χ4n) is 1.98. The van der Waals surface area contributed by atoms with Gasteiger partial charge in [-0.3, -0.25) is 0 Å². The van der Waals surface area contributed by atoms with Gasteiger partial charge in [-0.1, -0.05) is 34.8 Å². The minimum Gasteiger partial charge on any atom is -0.376 e. The maximum absolute atomic E-state index is 6.18. The zero-order valence-electron chi connectivity index (χ0n) is 9.79. The second-order valence-electron chi connectivity index (χ2n) is 4.19. The highest BCUT2D eigenvalue weighted by Gasteiger charge is 2.18. The van der Waals surface area contributed by atoms with Gasteiger partial charge in [0.1, 0.15) is 5.15 Å². The van der Waals surface area contributed by atoms with Crippen molar-refractivity contribution < 1.29 is 4.74 Å². The molecule has 0 saturated carbocycles. The highest BCUT2D eigenvalue weighted by Crippen LogP contribution is 2.31. The lowest BCUT2D eigenvalue weighted by molar-refractivity contribution is 0.109. The van der Waals surface area contributed by atoms with E-state index in [0.29, 0.717) is 39.8 Å². The van der Waals surface area contributed by atoms with E-state index in [0.717, 1.165) is 17.7 Å². The van der Waals surface area contributed by atoms with Gasteiger partial charge in [-0.2, -0.15) is 0 Å². The molecule has 0 atom stereocenters. The molecule has 0 amide bonds. The normalized spacial score (nSPS) is 14.3. The van der Waals surface area contributed by atoms with Crippen LogP contribution < -0.4 is 0 Å². The monoisotopic (exact) mass is 314 g/mol. The highest BCUT2D eigenvalue weighted by atomic mass is 35.5. The Morgan fingerprint density at radius 1 is 1.11 bits per heavy atom. The Morgan fingerprint density at radius 2 is 1.95 bits per heavy atom. The van der Waals surface area contributed by atoms with Gasteiger partial charge >= 0.3 is 0 Å². The number of rotatable bonds is 1. The zero-order valence-corrected chi connectivity index (χ0v) is 12.1. The molecule has 0 spiro atoms. The molecular formula is C13H9Cl3N2O. The quantitative estimate of drug-likeness (QED) is 0.741. The molecule has 0 bridgehead atoms. The number of nitrogens with zero attached hydrogens (tertiary/aromatic N) is 2. The van der Waals surface area contributed by atoms with Crippen molar-refractivity contribution in [1.82, 2.24) is 9.97 Å². The molecule has 6 heteroatoms. The second kappa shape index (κ2) is 5.25. The highest BCUT2D eigenvalue weighted by molar-refractivity contribution is 6.35. The fraction of sp³-hybridized carbons (Fsp3) is 0.231. The number of fused-ring (bicyclic) bond motifs is 1. The van der Waals surface area contributed by atoms with Crippen LogP contribution in [0.3, 0.4) is 0 Å². The number of benzene rings is 1. The van der Waals surface area contributed by atoms with Crippen molar-refractivity contribution >= 4 is 34.8 Å². The zero-order chi connectivity index (χ0) is 13.4. The molecule has 3 rings (SSSR count). The number of ether oxygens (including phenoxy) is 1. The van der Waals surface area contributed by atoms with Gasteiger partial charge in [-0.05, 0) is 18.2 Å². The Hall–Kier alpha value is -0.870. The van der Waals surface area contributed by atoms with Crippen LogP contribution in [0.25, 0.3) is 11.4 Å². The van der Waals surface area contributed by atoms with E-state index in [-0.39, 0.29) is 0 Å². The van der Waals surface area contributed by atoms with Crippen LogP contribution in [0.4, 0.5) is 0 Å². The van der Waals surface area contributed by atoms with Crippen LogP contribution >= 0.6 is 34.8 Å². The third kappa shape index (κ3) is 2.56. The smallest absolute Gasteiger partial charge is 0.162 e. The van der Waals surface area contributed by atoms with E-state index in [4.69, 9.17) is 39.5 Å². The molecular weight excluding hydrogens is 307 g/mol. The average molecular weight is 316 g/mol. The summed E-state index contributed by atoms with van der Waals surface area (Å²) in [5, 5.41) is 1.54. The Balaban J connectivity index is 2.15. The summed E-state index contributed by atoms with van der Waals surface area (Å²) in [6, 6.07) is 5.18. The third-order valence-corrected chi connectivity index (χ3v) is 3.82. The van der Waals surface area contributed by atoms with E-state index in [9.17, 15) is 0 Å². The van der Waals surface area contributed by atoms with Gasteiger partial charge in [0.2, 0.25) is 0 Å². The van der Waals surface area contributed by atoms with Crippen LogP contribution in [0.1, 0.15) is 11.3 Å². The molecule has 98 valence electrons. The van der Waals surface area contributed by atoms with Gasteiger partial charge in [0.15, 0.2) is 5.82 Å². The molecule has 3 nitrogen and oxygen atoms in total. The van der Waals surface area contributed by atoms with Crippen molar-refractivity contribution in [2.24, 2.45) is 0 Å². The lowest BCUT2D eigenvalue weighted by atomic mass is 10.1. The molecule has 1 aromatic heterocycles. The molecule has 0 radical (unpaired) electrons. The van der Waals surface area contributed by atoms with Crippen LogP contribution in [-0.2, 0) is 17.8 Å². The summed E-state index contributed by atoms with van der Waals surface area (Å²) >= 11 is 18.3. The minimum atomic E-state index is 0.413. The molecule has 19 heavy (non-hydrogen) atoms. The van der Waals surface area contributed by atoms with Crippen LogP contribution in [0, 0.1) is 0 Å². The van der Waals surface area contributed by atoms with E-state index in [2.05, 4.69) is 9.97 Å². The summed E-state index contributed by atoms with van der Waals surface area (Å²) in [5.74, 6) is 0.498. The Labute approximate surface area is 125 Å². The summed E-state index contributed by atoms with van der Waals surface area (Å²) < 4.78 is 5.35. The molecule has 1 aliphatic rings. The Morgan fingerprint density at radius 3 is 2.79 bits per heavy atom. The first-order chi connectivity index (χ1) is 9.15. The van der Waals surface area contributed by atoms with Crippen LogP contribution in [0.2, 0.25) is 15.2 Å². The molecule has 0 N–H and O–H groups in total. The fourth-order valence-corrected chi connectivity index (χ4v) is 2.60. The summed E-state index contributed by atoms with van der Waals surface area (Å²) in [5.41, 5.74) is 2.46. The van der Waals surface area contributed by atoms with Crippen LogP contribution in [0.5, 0.6) is 0 Å². The Bertz CT molecular complexity index is 646. The number of hydrogen-bond donors (Lipinski definition) is 0. The van der Waals surface area contributed by atoms with E-state index in [1.807, 2.05) is 0 Å². The molecule has 0 unspecified atom stereocenters. The van der Waals surface area contributed by atoms with Crippen LogP contribution in [-0.4, -0.2) is 16.6 Å². The molecule has 2 heterocycles. The summed E-state index contributed by atoms with van der Waals surface area (Å²) in [4.78, 5) is 8.82. The standard InChI is InChI=1S/C13H9Cl3N2O/c14-7-1-2-10(15)8(5-7)13-17-11-3-4-19-6-9(11)12(16)18-13/h1-2,5H,3-4,6H2. The maximum atomic E-state index is 6.18. The molecule has 0 fully saturated rings. The predicted octanol–water partition coefficient (Wildman–Crippen LogP) is 4.18. The molecule has 0 aliphatic carbocycles. The van der Waals surface area contributed by atoms with Gasteiger partial charge < -0.3 is 4.74 Å². The van der Waals surface area contributed by atoms with Crippen molar-refractivity contribution in [3.63, 3.8) is 0 Å². The summed E-state index contributed by atoms with van der Waals surface area (Å²) in [6.07, 6.45) is 0.725. The second-order valence-corrected chi connectivity index (χ2v) is 5.39. The van der Waals surface area contributed by atoms with Gasteiger partial charge in [-0.25, -0.2) is 9.97 Å². The van der Waals surface area contributed by atoms with Crippen molar-refractivity contribution in [3.8, 4) is 11.4 Å². The first kappa shape index (κ1) is 13.1. The molecule has 1 aliphatic heterocycles. The lowest BCUT2D eigenvalue weighted by Crippen LogP contribution is -2.14. The maximum Gasteiger partial charge on any atom is 0.162 e. The number of hydrogen-bond acceptors (Lipinski definition) is 3. The molecule has 0 saturated heterocycles.